The van der Waals surface area contributed by atoms with Gasteiger partial charge in [0.25, 0.3) is 5.91 Å². The largest absolute Gasteiger partial charge is 0.396 e. The maximum Gasteiger partial charge on any atom is 0.263 e. The number of hydrogen-bond donors (Lipinski definition) is 2. The first-order valence-corrected chi connectivity index (χ1v) is 7.42. The van der Waals surface area contributed by atoms with E-state index >= 15 is 0 Å². The van der Waals surface area contributed by atoms with Gasteiger partial charge in [-0.3, -0.25) is 4.79 Å². The fourth-order valence-electron chi connectivity index (χ4n) is 2.55. The van der Waals surface area contributed by atoms with Crippen molar-refractivity contribution in [3.8, 4) is 0 Å². The number of aliphatic hydroxyl groups excluding tert-OH is 1. The van der Waals surface area contributed by atoms with E-state index in [1.54, 1.807) is 5.51 Å². The summed E-state index contributed by atoms with van der Waals surface area (Å²) in [5, 5.41) is 12.5. The molecule has 5 heteroatoms. The summed E-state index contributed by atoms with van der Waals surface area (Å²) in [6.07, 6.45) is 5.45. The lowest BCUT2D eigenvalue weighted by Crippen LogP contribution is -2.41. The van der Waals surface area contributed by atoms with Gasteiger partial charge in [0.15, 0.2) is 0 Å². The molecule has 2 atom stereocenters. The van der Waals surface area contributed by atoms with Gasteiger partial charge < -0.3 is 10.4 Å². The van der Waals surface area contributed by atoms with Crippen molar-refractivity contribution in [2.24, 2.45) is 5.92 Å². The second-order valence-corrected chi connectivity index (χ2v) is 5.78. The number of amides is 1. The molecule has 0 aliphatic heterocycles. The zero-order valence-electron chi connectivity index (χ0n) is 10.7. The second-order valence-electron chi connectivity index (χ2n) is 4.93. The van der Waals surface area contributed by atoms with Gasteiger partial charge in [-0.15, -0.1) is 11.3 Å². The topological polar surface area (TPSA) is 62.2 Å². The van der Waals surface area contributed by atoms with E-state index in [1.807, 2.05) is 6.92 Å². The number of thiazole rings is 1. The number of aryl methyl sites for hydroxylation is 1. The molecule has 2 unspecified atom stereocenters. The Morgan fingerprint density at radius 1 is 1.50 bits per heavy atom. The Morgan fingerprint density at radius 3 is 2.94 bits per heavy atom. The first kappa shape index (κ1) is 13.5. The summed E-state index contributed by atoms with van der Waals surface area (Å²) in [5.74, 6) is 0.157. The van der Waals surface area contributed by atoms with Crippen LogP contribution in [-0.4, -0.2) is 28.6 Å². The maximum absolute atomic E-state index is 12.1. The Labute approximate surface area is 111 Å². The lowest BCUT2D eigenvalue weighted by molar-refractivity contribution is 0.0903. The molecule has 1 amide bonds. The lowest BCUT2D eigenvalue weighted by Gasteiger charge is -2.24. The van der Waals surface area contributed by atoms with Gasteiger partial charge in [0, 0.05) is 18.6 Å². The van der Waals surface area contributed by atoms with Gasteiger partial charge in [-0.25, -0.2) is 4.98 Å². The van der Waals surface area contributed by atoms with Gasteiger partial charge in [0.1, 0.15) is 4.88 Å². The van der Waals surface area contributed by atoms with Crippen LogP contribution < -0.4 is 5.32 Å². The molecule has 0 radical (unpaired) electrons. The second kappa shape index (κ2) is 6.29. The molecule has 1 saturated carbocycles. The molecule has 2 rings (SSSR count). The van der Waals surface area contributed by atoms with Gasteiger partial charge in [-0.1, -0.05) is 19.3 Å². The number of carbonyl (C=O) groups excluding carboxylic acids is 1. The Balaban J connectivity index is 2.02. The van der Waals surface area contributed by atoms with Gasteiger partial charge in [0.05, 0.1) is 11.2 Å². The van der Waals surface area contributed by atoms with Crippen LogP contribution in [0.25, 0.3) is 0 Å². The van der Waals surface area contributed by atoms with Gasteiger partial charge in [-0.2, -0.15) is 0 Å². The highest BCUT2D eigenvalue weighted by molar-refractivity contribution is 7.11. The highest BCUT2D eigenvalue weighted by Gasteiger charge is 2.25. The third kappa shape index (κ3) is 3.09. The molecule has 1 aromatic heterocycles. The van der Waals surface area contributed by atoms with Crippen LogP contribution >= 0.6 is 11.3 Å². The van der Waals surface area contributed by atoms with Crippen LogP contribution in [0.1, 0.15) is 47.5 Å². The SMILES string of the molecule is Cc1ncsc1C(=O)NC1CCCCCC1CO. The summed E-state index contributed by atoms with van der Waals surface area (Å²) in [5.41, 5.74) is 2.48. The van der Waals surface area contributed by atoms with Crippen LogP contribution in [0.4, 0.5) is 0 Å². The molecular formula is C13H20N2O2S. The standard InChI is InChI=1S/C13H20N2O2S/c1-9-12(18-8-14-9)13(17)15-11-6-4-2-3-5-10(11)7-16/h8,10-11,16H,2-7H2,1H3,(H,15,17). The molecule has 0 spiro atoms. The molecule has 0 aromatic carbocycles. The minimum absolute atomic E-state index is 0.0413. The predicted octanol–water partition coefficient (Wildman–Crippen LogP) is 2.12. The van der Waals surface area contributed by atoms with E-state index in [2.05, 4.69) is 10.3 Å². The van der Waals surface area contributed by atoms with Crippen molar-refractivity contribution in [2.75, 3.05) is 6.61 Å². The highest BCUT2D eigenvalue weighted by Crippen LogP contribution is 2.24. The zero-order valence-corrected chi connectivity index (χ0v) is 11.5. The monoisotopic (exact) mass is 268 g/mol. The molecule has 4 nitrogen and oxygen atoms in total. The third-order valence-corrected chi connectivity index (χ3v) is 4.59. The average Bonchev–Trinajstić information content (AvgIpc) is 2.66. The van der Waals surface area contributed by atoms with Crippen LogP contribution in [0, 0.1) is 12.8 Å². The summed E-state index contributed by atoms with van der Waals surface area (Å²) in [6.45, 7) is 2.01. The minimum Gasteiger partial charge on any atom is -0.396 e. The number of rotatable bonds is 3. The van der Waals surface area contributed by atoms with Crippen LogP contribution in [0.15, 0.2) is 5.51 Å². The number of aliphatic hydroxyl groups is 1. The van der Waals surface area contributed by atoms with Crippen molar-refractivity contribution in [2.45, 2.75) is 45.1 Å². The molecule has 100 valence electrons. The van der Waals surface area contributed by atoms with E-state index in [0.717, 1.165) is 31.4 Å². The van der Waals surface area contributed by atoms with E-state index < -0.39 is 0 Å². The van der Waals surface area contributed by atoms with E-state index in [9.17, 15) is 9.90 Å². The van der Waals surface area contributed by atoms with Crippen molar-refractivity contribution in [3.63, 3.8) is 0 Å². The molecule has 1 aliphatic carbocycles. The molecule has 0 bridgehead atoms. The number of aromatic nitrogens is 1. The van der Waals surface area contributed by atoms with Crippen LogP contribution in [-0.2, 0) is 0 Å². The van der Waals surface area contributed by atoms with Crippen LogP contribution in [0.5, 0.6) is 0 Å². The molecule has 1 heterocycles. The fourth-order valence-corrected chi connectivity index (χ4v) is 3.25. The lowest BCUT2D eigenvalue weighted by atomic mass is 9.95. The molecule has 18 heavy (non-hydrogen) atoms. The number of hydrogen-bond acceptors (Lipinski definition) is 4. The van der Waals surface area contributed by atoms with Crippen molar-refractivity contribution >= 4 is 17.2 Å². The zero-order chi connectivity index (χ0) is 13.0. The summed E-state index contributed by atoms with van der Waals surface area (Å²) in [7, 11) is 0. The van der Waals surface area contributed by atoms with E-state index in [-0.39, 0.29) is 24.5 Å². The van der Waals surface area contributed by atoms with Gasteiger partial charge >= 0.3 is 0 Å². The minimum atomic E-state index is -0.0413. The molecule has 1 fully saturated rings. The van der Waals surface area contributed by atoms with E-state index in [0.29, 0.717) is 4.88 Å². The summed E-state index contributed by atoms with van der Waals surface area (Å²) in [4.78, 5) is 16.9. The van der Waals surface area contributed by atoms with Crippen molar-refractivity contribution in [1.29, 1.82) is 0 Å². The maximum atomic E-state index is 12.1. The summed E-state index contributed by atoms with van der Waals surface area (Å²) < 4.78 is 0. The van der Waals surface area contributed by atoms with E-state index in [1.165, 1.54) is 17.8 Å². The highest BCUT2D eigenvalue weighted by atomic mass is 32.1. The molecule has 0 saturated heterocycles. The normalized spacial score (nSPS) is 24.6. The van der Waals surface area contributed by atoms with Crippen molar-refractivity contribution in [3.05, 3.63) is 16.1 Å². The summed E-state index contributed by atoms with van der Waals surface area (Å²) in [6, 6.07) is 0.103. The molecule has 1 aliphatic rings. The van der Waals surface area contributed by atoms with E-state index in [4.69, 9.17) is 0 Å². The Kier molecular flexibility index (Phi) is 4.72. The van der Waals surface area contributed by atoms with Crippen molar-refractivity contribution < 1.29 is 9.90 Å². The number of carbonyl (C=O) groups is 1. The third-order valence-electron chi connectivity index (χ3n) is 3.66. The Hall–Kier alpha value is -0.940. The predicted molar refractivity (Wildman–Crippen MR) is 71.8 cm³/mol. The molecule has 2 N–H and O–H groups in total. The first-order chi connectivity index (χ1) is 8.72. The summed E-state index contributed by atoms with van der Waals surface area (Å²) >= 11 is 1.37. The van der Waals surface area contributed by atoms with Gasteiger partial charge in [0.2, 0.25) is 0 Å². The van der Waals surface area contributed by atoms with Crippen LogP contribution in [0.2, 0.25) is 0 Å². The Bertz CT molecular complexity index is 405. The quantitative estimate of drug-likeness (QED) is 0.825. The van der Waals surface area contributed by atoms with Crippen molar-refractivity contribution in [1.82, 2.24) is 10.3 Å². The number of nitrogens with zero attached hydrogens (tertiary/aromatic N) is 1. The first-order valence-electron chi connectivity index (χ1n) is 6.54. The molecule has 1 aromatic rings. The van der Waals surface area contributed by atoms with Gasteiger partial charge in [-0.05, 0) is 19.8 Å². The smallest absolute Gasteiger partial charge is 0.263 e. The molecular weight excluding hydrogens is 248 g/mol. The number of nitrogens with one attached hydrogen (secondary N) is 1. The fraction of sp³-hybridized carbons (Fsp3) is 0.692. The Morgan fingerprint density at radius 2 is 2.28 bits per heavy atom. The average molecular weight is 268 g/mol. The van der Waals surface area contributed by atoms with Crippen LogP contribution in [0.3, 0.4) is 0 Å².